The van der Waals surface area contributed by atoms with Crippen molar-refractivity contribution in [1.29, 1.82) is 0 Å². The maximum atomic E-state index is 12.7. The average molecular weight is 594 g/mol. The van der Waals surface area contributed by atoms with Gasteiger partial charge in [0.1, 0.15) is 0 Å². The molecule has 0 aromatic heterocycles. The van der Waals surface area contributed by atoms with E-state index < -0.39 is 15.9 Å². The van der Waals surface area contributed by atoms with Crippen LogP contribution in [0.25, 0.3) is 17.2 Å². The van der Waals surface area contributed by atoms with Crippen molar-refractivity contribution in [3.8, 4) is 0 Å². The second-order valence-corrected chi connectivity index (χ2v) is 11.9. The van der Waals surface area contributed by atoms with Crippen LogP contribution in [0.3, 0.4) is 0 Å². The van der Waals surface area contributed by atoms with Gasteiger partial charge in [-0.05, 0) is 84.3 Å². The Balaban J connectivity index is 1.48. The lowest BCUT2D eigenvalue weighted by Gasteiger charge is -2.16. The first-order valence-corrected chi connectivity index (χ1v) is 15.4. The molecule has 0 aliphatic heterocycles. The predicted octanol–water partition coefficient (Wildman–Crippen LogP) is 6.07. The van der Waals surface area contributed by atoms with Crippen LogP contribution in [-0.4, -0.2) is 45.8 Å². The smallest absolute Gasteiger partial charge is 0.264 e. The minimum Gasteiger partial charge on any atom is -0.325 e. The molecule has 2 N–H and O–H groups in total. The van der Waals surface area contributed by atoms with Crippen LogP contribution in [0.2, 0.25) is 0 Å². The van der Waals surface area contributed by atoms with Gasteiger partial charge in [0.25, 0.3) is 15.9 Å². The fraction of sp³-hybridized carbons (Fsp3) is 0.143. The van der Waals surface area contributed by atoms with Gasteiger partial charge in [-0.2, -0.15) is 0 Å². The van der Waals surface area contributed by atoms with Crippen molar-refractivity contribution in [2.24, 2.45) is 0 Å². The number of benzene rings is 4. The van der Waals surface area contributed by atoms with Gasteiger partial charge in [0.2, 0.25) is 5.91 Å². The minimum atomic E-state index is -4.09. The van der Waals surface area contributed by atoms with Crippen LogP contribution >= 0.6 is 0 Å². The molecule has 0 atom stereocenters. The maximum absolute atomic E-state index is 12.7. The molecule has 0 aliphatic rings. The number of hydrogen-bond donors (Lipinski definition) is 2. The van der Waals surface area contributed by atoms with E-state index in [4.69, 9.17) is 0 Å². The number of nitrogens with one attached hydrogen (secondary N) is 2. The Hall–Kier alpha value is -4.79. The first-order valence-electron chi connectivity index (χ1n) is 13.9. The zero-order valence-corrected chi connectivity index (χ0v) is 25.3. The number of allylic oxidation sites excluding steroid dienone is 1. The first kappa shape index (κ1) is 31.2. The molecule has 43 heavy (non-hydrogen) atoms. The largest absolute Gasteiger partial charge is 0.325 e. The number of rotatable bonds is 11. The monoisotopic (exact) mass is 593 g/mol. The standard InChI is InChI=1S/C35H35N3O4S/c1-4-32(27-11-7-5-8-12-27)35(28-13-9-6-10-14-28)29-18-15-26(16-19-29)17-24-33(39)37-43(41,42)31-22-20-30(21-23-31)36-34(40)25-38(2)3/h5-24H,4,25H2,1-3H3,(H,36,40)(H,37,39)/b24-17+,35-32-. The normalized spacial score (nSPS) is 12.2. The number of amides is 2. The van der Waals surface area contributed by atoms with Crippen LogP contribution in [0, 0.1) is 0 Å². The Kier molecular flexibility index (Phi) is 10.4. The molecule has 0 spiro atoms. The number of nitrogens with zero attached hydrogens (tertiary/aromatic N) is 1. The molecule has 2 amide bonds. The molecule has 4 rings (SSSR count). The third kappa shape index (κ3) is 8.61. The summed E-state index contributed by atoms with van der Waals surface area (Å²) in [6, 6.07) is 34.0. The zero-order chi connectivity index (χ0) is 30.8. The Labute approximate surface area is 253 Å². The molecular weight excluding hydrogens is 558 g/mol. The van der Waals surface area contributed by atoms with Gasteiger partial charge in [0, 0.05) is 11.8 Å². The summed E-state index contributed by atoms with van der Waals surface area (Å²) < 4.78 is 27.5. The summed E-state index contributed by atoms with van der Waals surface area (Å²) in [5.41, 5.74) is 6.88. The van der Waals surface area contributed by atoms with Gasteiger partial charge in [0.15, 0.2) is 0 Å². The van der Waals surface area contributed by atoms with Crippen molar-refractivity contribution in [3.05, 3.63) is 138 Å². The highest BCUT2D eigenvalue weighted by Crippen LogP contribution is 2.34. The maximum Gasteiger partial charge on any atom is 0.264 e. The molecule has 7 nitrogen and oxygen atoms in total. The van der Waals surface area contributed by atoms with E-state index in [9.17, 15) is 18.0 Å². The summed E-state index contributed by atoms with van der Waals surface area (Å²) in [6.07, 6.45) is 3.61. The van der Waals surface area contributed by atoms with Crippen molar-refractivity contribution in [1.82, 2.24) is 9.62 Å². The van der Waals surface area contributed by atoms with Crippen molar-refractivity contribution < 1.29 is 18.0 Å². The van der Waals surface area contributed by atoms with Crippen molar-refractivity contribution >= 4 is 44.7 Å². The first-order chi connectivity index (χ1) is 20.7. The Morgan fingerprint density at radius 2 is 1.30 bits per heavy atom. The lowest BCUT2D eigenvalue weighted by molar-refractivity contribution is -0.117. The van der Waals surface area contributed by atoms with Gasteiger partial charge in [-0.1, -0.05) is 91.9 Å². The van der Waals surface area contributed by atoms with Crippen molar-refractivity contribution in [2.75, 3.05) is 26.0 Å². The van der Waals surface area contributed by atoms with Gasteiger partial charge in [-0.3, -0.25) is 9.59 Å². The summed E-state index contributed by atoms with van der Waals surface area (Å²) in [5, 5.41) is 2.69. The highest BCUT2D eigenvalue weighted by atomic mass is 32.2. The molecule has 4 aromatic rings. The number of carbonyl (C=O) groups excluding carboxylic acids is 2. The molecule has 0 heterocycles. The second kappa shape index (κ2) is 14.4. The Bertz CT molecular complexity index is 1710. The average Bonchev–Trinajstić information content (AvgIpc) is 2.99. The topological polar surface area (TPSA) is 95.6 Å². The summed E-state index contributed by atoms with van der Waals surface area (Å²) in [6.45, 7) is 2.34. The van der Waals surface area contributed by atoms with E-state index >= 15 is 0 Å². The van der Waals surface area contributed by atoms with Crippen molar-refractivity contribution in [3.63, 3.8) is 0 Å². The number of anilines is 1. The highest BCUT2D eigenvalue weighted by molar-refractivity contribution is 7.90. The number of carbonyl (C=O) groups is 2. The van der Waals surface area contributed by atoms with E-state index in [1.165, 1.54) is 35.9 Å². The molecule has 0 bridgehead atoms. The quantitative estimate of drug-likeness (QED) is 0.163. The third-order valence-corrected chi connectivity index (χ3v) is 7.97. The second-order valence-electron chi connectivity index (χ2n) is 10.2. The van der Waals surface area contributed by atoms with E-state index in [-0.39, 0.29) is 17.3 Å². The lowest BCUT2D eigenvalue weighted by Crippen LogP contribution is -2.29. The van der Waals surface area contributed by atoms with Gasteiger partial charge >= 0.3 is 0 Å². The fourth-order valence-electron chi connectivity index (χ4n) is 4.65. The van der Waals surface area contributed by atoms with E-state index in [1.807, 2.05) is 60.7 Å². The Morgan fingerprint density at radius 1 is 0.744 bits per heavy atom. The van der Waals surface area contributed by atoms with Gasteiger partial charge < -0.3 is 10.2 Å². The fourth-order valence-corrected chi connectivity index (χ4v) is 5.59. The van der Waals surface area contributed by atoms with E-state index in [0.29, 0.717) is 5.69 Å². The molecule has 0 saturated carbocycles. The molecule has 0 radical (unpaired) electrons. The van der Waals surface area contributed by atoms with Gasteiger partial charge in [-0.15, -0.1) is 0 Å². The predicted molar refractivity (Wildman–Crippen MR) is 174 cm³/mol. The molecular formula is C35H35N3O4S. The molecule has 0 fully saturated rings. The SMILES string of the molecule is CC/C(=C(\c1ccccc1)c1ccc(/C=C/C(=O)NS(=O)(=O)c2ccc(NC(=O)CN(C)C)cc2)cc1)c1ccccc1. The lowest BCUT2D eigenvalue weighted by atomic mass is 9.88. The molecule has 0 saturated heterocycles. The molecule has 4 aromatic carbocycles. The van der Waals surface area contributed by atoms with E-state index in [2.05, 4.69) is 41.2 Å². The molecule has 220 valence electrons. The minimum absolute atomic E-state index is 0.0883. The summed E-state index contributed by atoms with van der Waals surface area (Å²) in [5.74, 6) is -0.990. The molecule has 0 aliphatic carbocycles. The van der Waals surface area contributed by atoms with Crippen LogP contribution in [0.4, 0.5) is 5.69 Å². The molecule has 8 heteroatoms. The van der Waals surface area contributed by atoms with E-state index in [0.717, 1.165) is 34.2 Å². The summed E-state index contributed by atoms with van der Waals surface area (Å²) in [7, 11) is -0.546. The zero-order valence-electron chi connectivity index (χ0n) is 24.4. The number of hydrogen-bond acceptors (Lipinski definition) is 5. The van der Waals surface area contributed by atoms with Crippen LogP contribution in [-0.2, 0) is 19.6 Å². The van der Waals surface area contributed by atoms with Crippen LogP contribution in [0.15, 0.2) is 120 Å². The summed E-state index contributed by atoms with van der Waals surface area (Å²) >= 11 is 0. The van der Waals surface area contributed by atoms with Gasteiger partial charge in [0.05, 0.1) is 11.4 Å². The van der Waals surface area contributed by atoms with E-state index in [1.54, 1.807) is 25.1 Å². The van der Waals surface area contributed by atoms with Crippen LogP contribution in [0.5, 0.6) is 0 Å². The van der Waals surface area contributed by atoms with Crippen molar-refractivity contribution in [2.45, 2.75) is 18.2 Å². The Morgan fingerprint density at radius 3 is 1.86 bits per heavy atom. The summed E-state index contributed by atoms with van der Waals surface area (Å²) in [4.78, 5) is 26.1. The van der Waals surface area contributed by atoms with Crippen LogP contribution < -0.4 is 10.0 Å². The van der Waals surface area contributed by atoms with Gasteiger partial charge in [-0.25, -0.2) is 13.1 Å². The molecule has 0 unspecified atom stereocenters. The number of sulfonamides is 1. The highest BCUT2D eigenvalue weighted by Gasteiger charge is 2.17. The number of likely N-dealkylation sites (N-methyl/N-ethyl adjacent to an activating group) is 1. The van der Waals surface area contributed by atoms with Crippen LogP contribution in [0.1, 0.15) is 35.6 Å². The third-order valence-electron chi connectivity index (χ3n) is 6.61.